The largest absolute Gasteiger partial charge is 0.243 e. The molecule has 17 heavy (non-hydrogen) atoms. The first kappa shape index (κ1) is 14.4. The Balaban J connectivity index is 2.51. The first-order valence-electron chi connectivity index (χ1n) is 4.72. The first-order valence-corrected chi connectivity index (χ1v) is 7.73. The number of nitrogens with one attached hydrogen (secondary N) is 1. The van der Waals surface area contributed by atoms with Crippen LogP contribution in [0.15, 0.2) is 29.9 Å². The van der Waals surface area contributed by atoms with Gasteiger partial charge in [0.25, 0.3) is 0 Å². The summed E-state index contributed by atoms with van der Waals surface area (Å²) >= 11 is 7.07. The van der Waals surface area contributed by atoms with Gasteiger partial charge in [0.2, 0.25) is 15.3 Å². The summed E-state index contributed by atoms with van der Waals surface area (Å²) in [5.41, 5.74) is 0. The third-order valence-corrected chi connectivity index (χ3v) is 4.26. The smallest absolute Gasteiger partial charge is 0.225 e. The molecule has 0 aliphatic heterocycles. The summed E-state index contributed by atoms with van der Waals surface area (Å²) < 4.78 is 25.9. The van der Waals surface area contributed by atoms with Gasteiger partial charge in [-0.2, -0.15) is 11.8 Å². The van der Waals surface area contributed by atoms with E-state index in [1.165, 1.54) is 12.4 Å². The molecule has 0 radical (unpaired) electrons. The monoisotopic (exact) mass is 293 g/mol. The summed E-state index contributed by atoms with van der Waals surface area (Å²) in [7, 11) is -3.54. The minimum absolute atomic E-state index is 0.00983. The second-order valence-electron chi connectivity index (χ2n) is 2.95. The van der Waals surface area contributed by atoms with E-state index in [0.717, 1.165) is 5.75 Å². The molecule has 1 heterocycles. The van der Waals surface area contributed by atoms with Crippen molar-refractivity contribution in [3.8, 4) is 0 Å². The zero-order valence-electron chi connectivity index (χ0n) is 8.97. The highest BCUT2D eigenvalue weighted by Crippen LogP contribution is 2.07. The van der Waals surface area contributed by atoms with Crippen molar-refractivity contribution in [1.29, 1.82) is 0 Å². The van der Waals surface area contributed by atoms with Crippen LogP contribution in [0.3, 0.4) is 0 Å². The number of halogens is 1. The number of nitrogens with zero attached hydrogens (tertiary/aromatic N) is 2. The van der Waals surface area contributed by atoms with Crippen molar-refractivity contribution in [3.05, 3.63) is 30.3 Å². The molecule has 94 valence electrons. The van der Waals surface area contributed by atoms with E-state index in [2.05, 4.69) is 21.3 Å². The van der Waals surface area contributed by atoms with Crippen molar-refractivity contribution < 1.29 is 8.42 Å². The maximum absolute atomic E-state index is 11.7. The fraction of sp³-hybridized carbons (Fsp3) is 0.333. The normalized spacial score (nSPS) is 11.4. The number of aromatic nitrogens is 2. The molecule has 0 spiro atoms. The topological polar surface area (TPSA) is 72.0 Å². The van der Waals surface area contributed by atoms with Crippen LogP contribution < -0.4 is 4.72 Å². The van der Waals surface area contributed by atoms with Crippen LogP contribution in [0.1, 0.15) is 0 Å². The third kappa shape index (κ3) is 5.03. The van der Waals surface area contributed by atoms with Gasteiger partial charge in [-0.25, -0.2) is 23.1 Å². The van der Waals surface area contributed by atoms with Crippen LogP contribution in [0, 0.1) is 0 Å². The van der Waals surface area contributed by atoms with Crippen LogP contribution in [-0.4, -0.2) is 36.4 Å². The molecule has 0 amide bonds. The second-order valence-corrected chi connectivity index (χ2v) is 6.20. The molecule has 1 N–H and O–H groups in total. The van der Waals surface area contributed by atoms with E-state index in [1.807, 2.05) is 0 Å². The van der Waals surface area contributed by atoms with E-state index in [9.17, 15) is 8.42 Å². The van der Waals surface area contributed by atoms with E-state index < -0.39 is 10.0 Å². The quantitative estimate of drug-likeness (QED) is 0.466. The number of sulfonamides is 1. The van der Waals surface area contributed by atoms with Gasteiger partial charge in [-0.1, -0.05) is 6.08 Å². The Morgan fingerprint density at radius 1 is 1.47 bits per heavy atom. The van der Waals surface area contributed by atoms with Crippen LogP contribution >= 0.6 is 23.4 Å². The van der Waals surface area contributed by atoms with Gasteiger partial charge in [0.15, 0.2) is 0 Å². The van der Waals surface area contributed by atoms with E-state index in [0.29, 0.717) is 12.3 Å². The number of hydrogen-bond donors (Lipinski definition) is 1. The molecule has 0 aromatic carbocycles. The van der Waals surface area contributed by atoms with E-state index >= 15 is 0 Å². The van der Waals surface area contributed by atoms with E-state index in [4.69, 9.17) is 11.6 Å². The summed E-state index contributed by atoms with van der Waals surface area (Å²) in [6.07, 6.45) is 4.12. The first-order chi connectivity index (χ1) is 8.06. The van der Waals surface area contributed by atoms with Gasteiger partial charge in [-0.05, 0) is 11.6 Å². The van der Waals surface area contributed by atoms with Crippen LogP contribution in [0.2, 0.25) is 5.28 Å². The average molecular weight is 294 g/mol. The Morgan fingerprint density at radius 2 is 2.12 bits per heavy atom. The van der Waals surface area contributed by atoms with Crippen LogP contribution in [-0.2, 0) is 10.0 Å². The van der Waals surface area contributed by atoms with Gasteiger partial charge in [-0.15, -0.1) is 6.58 Å². The van der Waals surface area contributed by atoms with Gasteiger partial charge in [0, 0.05) is 18.1 Å². The molecule has 0 atom stereocenters. The van der Waals surface area contributed by atoms with Gasteiger partial charge < -0.3 is 0 Å². The molecule has 8 heteroatoms. The molecule has 0 saturated heterocycles. The van der Waals surface area contributed by atoms with Crippen molar-refractivity contribution in [2.45, 2.75) is 4.90 Å². The maximum Gasteiger partial charge on any atom is 0.243 e. The number of thioether (sulfide) groups is 1. The predicted molar refractivity (Wildman–Crippen MR) is 69.8 cm³/mol. The standard InChI is InChI=1S/C9H12ClN3O2S2/c1-2-4-16-5-3-13-17(14,15)8-6-11-9(10)12-7-8/h2,6-7,13H,1,3-5H2. The Morgan fingerprint density at radius 3 is 2.71 bits per heavy atom. The Bertz CT molecular complexity index is 462. The minimum Gasteiger partial charge on any atom is -0.225 e. The molecule has 0 fully saturated rings. The van der Waals surface area contributed by atoms with E-state index in [-0.39, 0.29) is 10.2 Å². The van der Waals surface area contributed by atoms with E-state index in [1.54, 1.807) is 17.8 Å². The highest BCUT2D eigenvalue weighted by molar-refractivity contribution is 7.99. The van der Waals surface area contributed by atoms with Crippen molar-refractivity contribution in [1.82, 2.24) is 14.7 Å². The summed E-state index contributed by atoms with van der Waals surface area (Å²) in [6.45, 7) is 3.93. The highest BCUT2D eigenvalue weighted by Gasteiger charge is 2.13. The molecular weight excluding hydrogens is 282 g/mol. The van der Waals surface area contributed by atoms with Crippen molar-refractivity contribution >= 4 is 33.4 Å². The minimum atomic E-state index is -3.54. The predicted octanol–water partition coefficient (Wildman–Crippen LogP) is 1.33. The fourth-order valence-electron chi connectivity index (χ4n) is 0.937. The van der Waals surface area contributed by atoms with Crippen molar-refractivity contribution in [3.63, 3.8) is 0 Å². The van der Waals surface area contributed by atoms with Crippen LogP contribution in [0.4, 0.5) is 0 Å². The highest BCUT2D eigenvalue weighted by atomic mass is 35.5. The molecule has 1 rings (SSSR count). The van der Waals surface area contributed by atoms with Crippen LogP contribution in [0.25, 0.3) is 0 Å². The molecule has 0 aliphatic rings. The summed E-state index contributed by atoms with van der Waals surface area (Å²) in [5, 5.41) is 0.0190. The molecule has 0 saturated carbocycles. The number of hydrogen-bond acceptors (Lipinski definition) is 5. The second kappa shape index (κ2) is 6.95. The number of rotatable bonds is 7. The summed E-state index contributed by atoms with van der Waals surface area (Å²) in [6, 6.07) is 0. The summed E-state index contributed by atoms with van der Waals surface area (Å²) in [5.74, 6) is 1.48. The lowest BCUT2D eigenvalue weighted by molar-refractivity contribution is 0.583. The molecule has 0 aliphatic carbocycles. The molecular formula is C9H12ClN3O2S2. The van der Waals surface area contributed by atoms with Crippen molar-refractivity contribution in [2.75, 3.05) is 18.1 Å². The van der Waals surface area contributed by atoms with Gasteiger partial charge in [-0.3, -0.25) is 0 Å². The van der Waals surface area contributed by atoms with Crippen LogP contribution in [0.5, 0.6) is 0 Å². The molecule has 5 nitrogen and oxygen atoms in total. The Kier molecular flexibility index (Phi) is 5.90. The zero-order chi connectivity index (χ0) is 12.7. The van der Waals surface area contributed by atoms with Crippen molar-refractivity contribution in [2.24, 2.45) is 0 Å². The van der Waals surface area contributed by atoms with Gasteiger partial charge in [0.1, 0.15) is 4.90 Å². The Hall–Kier alpha value is -0.630. The zero-order valence-corrected chi connectivity index (χ0v) is 11.4. The molecule has 0 unspecified atom stereocenters. The average Bonchev–Trinajstić information content (AvgIpc) is 2.29. The van der Waals surface area contributed by atoms with Gasteiger partial charge >= 0.3 is 0 Å². The summed E-state index contributed by atoms with van der Waals surface area (Å²) in [4.78, 5) is 7.25. The molecule has 1 aromatic heterocycles. The fourth-order valence-corrected chi connectivity index (χ4v) is 2.66. The SMILES string of the molecule is C=CCSCCNS(=O)(=O)c1cnc(Cl)nc1. The molecule has 1 aromatic rings. The lowest BCUT2D eigenvalue weighted by atomic mass is 10.7. The lowest BCUT2D eigenvalue weighted by Crippen LogP contribution is -2.26. The van der Waals surface area contributed by atoms with Gasteiger partial charge in [0.05, 0.1) is 12.4 Å². The Labute approximate surface area is 110 Å². The maximum atomic E-state index is 11.7. The molecule has 0 bridgehead atoms. The lowest BCUT2D eigenvalue weighted by Gasteiger charge is -2.05. The third-order valence-electron chi connectivity index (χ3n) is 1.68.